The number of nitrogens with one attached hydrogen (secondary N) is 1. The SMILES string of the molecule is CCN(CC)S(=O)(=O)c1ccc(C(=O)N2CCC3CCC(C2)N3)cc1.Cl. The van der Waals surface area contributed by atoms with E-state index < -0.39 is 10.0 Å². The van der Waals surface area contributed by atoms with Gasteiger partial charge in [-0.2, -0.15) is 4.31 Å². The first-order chi connectivity index (χ1) is 12.0. The number of rotatable bonds is 5. The Hall–Kier alpha value is -1.15. The average molecular weight is 402 g/mol. The van der Waals surface area contributed by atoms with Crippen LogP contribution in [-0.4, -0.2) is 61.8 Å². The van der Waals surface area contributed by atoms with E-state index >= 15 is 0 Å². The van der Waals surface area contributed by atoms with Crippen LogP contribution in [0.5, 0.6) is 0 Å². The van der Waals surface area contributed by atoms with E-state index in [-0.39, 0.29) is 23.2 Å². The molecule has 1 N–H and O–H groups in total. The van der Waals surface area contributed by atoms with E-state index in [0.717, 1.165) is 25.9 Å². The summed E-state index contributed by atoms with van der Waals surface area (Å²) in [7, 11) is -3.48. The van der Waals surface area contributed by atoms with Crippen molar-refractivity contribution in [2.45, 2.75) is 50.1 Å². The molecule has 3 rings (SSSR count). The third-order valence-corrected chi connectivity index (χ3v) is 7.32. The molecule has 1 amide bonds. The number of amides is 1. The number of benzene rings is 1. The number of likely N-dealkylation sites (tertiary alicyclic amines) is 1. The Labute approximate surface area is 162 Å². The molecule has 2 bridgehead atoms. The molecule has 0 saturated carbocycles. The van der Waals surface area contributed by atoms with Crippen LogP contribution >= 0.6 is 12.4 Å². The van der Waals surface area contributed by atoms with Gasteiger partial charge in [0.05, 0.1) is 4.90 Å². The van der Waals surface area contributed by atoms with Crippen molar-refractivity contribution in [1.82, 2.24) is 14.5 Å². The molecule has 0 radical (unpaired) electrons. The summed E-state index contributed by atoms with van der Waals surface area (Å²) in [6.45, 7) is 5.99. The van der Waals surface area contributed by atoms with Gasteiger partial charge in [0, 0.05) is 43.8 Å². The highest BCUT2D eigenvalue weighted by molar-refractivity contribution is 7.89. The fourth-order valence-corrected chi connectivity index (χ4v) is 5.25. The number of fused-ring (bicyclic) bond motifs is 2. The number of hydrogen-bond donors (Lipinski definition) is 1. The van der Waals surface area contributed by atoms with Gasteiger partial charge in [0.25, 0.3) is 5.91 Å². The fraction of sp³-hybridized carbons (Fsp3) is 0.611. The molecule has 2 heterocycles. The Bertz CT molecular complexity index is 720. The van der Waals surface area contributed by atoms with Crippen LogP contribution in [-0.2, 0) is 10.0 Å². The topological polar surface area (TPSA) is 69.7 Å². The molecule has 1 aromatic rings. The number of halogens is 1. The lowest BCUT2D eigenvalue weighted by molar-refractivity contribution is 0.0748. The van der Waals surface area contributed by atoms with Crippen LogP contribution in [0, 0.1) is 0 Å². The molecule has 0 aromatic heterocycles. The summed E-state index contributed by atoms with van der Waals surface area (Å²) in [5, 5.41) is 3.56. The van der Waals surface area contributed by atoms with Gasteiger partial charge in [0.2, 0.25) is 10.0 Å². The Morgan fingerprint density at radius 2 is 1.73 bits per heavy atom. The van der Waals surface area contributed by atoms with Crippen LogP contribution < -0.4 is 5.32 Å². The van der Waals surface area contributed by atoms with Gasteiger partial charge >= 0.3 is 0 Å². The molecular weight excluding hydrogens is 374 g/mol. The van der Waals surface area contributed by atoms with Gasteiger partial charge in [-0.25, -0.2) is 8.42 Å². The summed E-state index contributed by atoms with van der Waals surface area (Å²) in [5.74, 6) is -0.0128. The van der Waals surface area contributed by atoms with E-state index in [2.05, 4.69) is 5.32 Å². The Morgan fingerprint density at radius 3 is 2.35 bits per heavy atom. The molecule has 26 heavy (non-hydrogen) atoms. The lowest BCUT2D eigenvalue weighted by atomic mass is 10.1. The molecule has 2 aliphatic heterocycles. The minimum Gasteiger partial charge on any atom is -0.337 e. The van der Waals surface area contributed by atoms with Crippen LogP contribution in [0.3, 0.4) is 0 Å². The highest BCUT2D eigenvalue weighted by atomic mass is 35.5. The summed E-state index contributed by atoms with van der Waals surface area (Å²) in [5.41, 5.74) is 0.552. The van der Waals surface area contributed by atoms with E-state index in [0.29, 0.717) is 30.7 Å². The number of hydrogen-bond acceptors (Lipinski definition) is 4. The summed E-state index contributed by atoms with van der Waals surface area (Å²) < 4.78 is 26.5. The molecule has 0 spiro atoms. The van der Waals surface area contributed by atoms with Crippen LogP contribution in [0.4, 0.5) is 0 Å². The summed E-state index contributed by atoms with van der Waals surface area (Å²) in [6.07, 6.45) is 3.30. The molecule has 1 aromatic carbocycles. The quantitative estimate of drug-likeness (QED) is 0.820. The Kier molecular flexibility index (Phi) is 7.07. The molecule has 2 fully saturated rings. The first kappa shape index (κ1) is 21.2. The second kappa shape index (κ2) is 8.69. The van der Waals surface area contributed by atoms with Crippen molar-refractivity contribution in [1.29, 1.82) is 0 Å². The number of sulfonamides is 1. The highest BCUT2D eigenvalue weighted by Gasteiger charge is 2.31. The minimum absolute atomic E-state index is 0. The van der Waals surface area contributed by atoms with Gasteiger partial charge in [-0.3, -0.25) is 4.79 Å². The predicted molar refractivity (Wildman–Crippen MR) is 104 cm³/mol. The van der Waals surface area contributed by atoms with E-state index in [9.17, 15) is 13.2 Å². The average Bonchev–Trinajstić information content (AvgIpc) is 2.94. The van der Waals surface area contributed by atoms with Crippen molar-refractivity contribution in [2.75, 3.05) is 26.2 Å². The Morgan fingerprint density at radius 1 is 1.12 bits per heavy atom. The van der Waals surface area contributed by atoms with Gasteiger partial charge in [0.1, 0.15) is 0 Å². The maximum Gasteiger partial charge on any atom is 0.253 e. The third-order valence-electron chi connectivity index (χ3n) is 5.25. The van der Waals surface area contributed by atoms with Gasteiger partial charge in [-0.1, -0.05) is 13.8 Å². The molecule has 8 heteroatoms. The van der Waals surface area contributed by atoms with Crippen LogP contribution in [0.25, 0.3) is 0 Å². The van der Waals surface area contributed by atoms with E-state index in [4.69, 9.17) is 0 Å². The number of carbonyl (C=O) groups excluding carboxylic acids is 1. The smallest absolute Gasteiger partial charge is 0.253 e. The Balaban J connectivity index is 0.00000243. The zero-order valence-corrected chi connectivity index (χ0v) is 17.0. The molecule has 2 aliphatic rings. The standard InChI is InChI=1S/C18H27N3O3S.ClH/c1-3-21(4-2)25(23,24)17-9-5-14(6-10-17)18(22)20-12-11-15-7-8-16(13-20)19-15;/h5-6,9-10,15-16,19H,3-4,7-8,11-13H2,1-2H3;1H. The van der Waals surface area contributed by atoms with Crippen LogP contribution in [0.2, 0.25) is 0 Å². The van der Waals surface area contributed by atoms with Crippen molar-refractivity contribution in [3.05, 3.63) is 29.8 Å². The molecule has 2 atom stereocenters. The molecule has 2 saturated heterocycles. The van der Waals surface area contributed by atoms with E-state index in [1.54, 1.807) is 24.3 Å². The van der Waals surface area contributed by atoms with E-state index in [1.807, 2.05) is 18.7 Å². The molecule has 2 unspecified atom stereocenters. The predicted octanol–water partition coefficient (Wildman–Crippen LogP) is 2.11. The zero-order chi connectivity index (χ0) is 18.0. The third kappa shape index (κ3) is 4.22. The van der Waals surface area contributed by atoms with Gasteiger partial charge in [0.15, 0.2) is 0 Å². The van der Waals surface area contributed by atoms with Gasteiger partial charge in [-0.05, 0) is 43.5 Å². The number of carbonyl (C=O) groups is 1. The maximum atomic E-state index is 12.8. The van der Waals surface area contributed by atoms with E-state index in [1.165, 1.54) is 10.7 Å². The van der Waals surface area contributed by atoms with Gasteiger partial charge < -0.3 is 10.2 Å². The largest absolute Gasteiger partial charge is 0.337 e. The first-order valence-electron chi connectivity index (χ1n) is 9.11. The number of nitrogens with zero attached hydrogens (tertiary/aromatic N) is 2. The molecule has 6 nitrogen and oxygen atoms in total. The fourth-order valence-electron chi connectivity index (χ4n) is 3.79. The first-order valence-corrected chi connectivity index (χ1v) is 10.5. The van der Waals surface area contributed by atoms with Crippen LogP contribution in [0.15, 0.2) is 29.2 Å². The van der Waals surface area contributed by atoms with Crippen molar-refractivity contribution >= 4 is 28.3 Å². The second-order valence-corrected chi connectivity index (χ2v) is 8.73. The highest BCUT2D eigenvalue weighted by Crippen LogP contribution is 2.22. The normalized spacial score (nSPS) is 22.8. The lowest BCUT2D eigenvalue weighted by Gasteiger charge is -2.24. The molecule has 146 valence electrons. The van der Waals surface area contributed by atoms with Crippen molar-refractivity contribution < 1.29 is 13.2 Å². The molecular formula is C18H28ClN3O3S. The second-order valence-electron chi connectivity index (χ2n) is 6.79. The van der Waals surface area contributed by atoms with Crippen LogP contribution in [0.1, 0.15) is 43.5 Å². The maximum absolute atomic E-state index is 12.8. The monoisotopic (exact) mass is 401 g/mol. The lowest BCUT2D eigenvalue weighted by Crippen LogP contribution is -2.39. The van der Waals surface area contributed by atoms with Crippen molar-refractivity contribution in [3.63, 3.8) is 0 Å². The van der Waals surface area contributed by atoms with Gasteiger partial charge in [-0.15, -0.1) is 12.4 Å². The summed E-state index contributed by atoms with van der Waals surface area (Å²) in [6, 6.07) is 7.28. The summed E-state index contributed by atoms with van der Waals surface area (Å²) >= 11 is 0. The van der Waals surface area contributed by atoms with Crippen molar-refractivity contribution in [3.8, 4) is 0 Å². The minimum atomic E-state index is -3.48. The van der Waals surface area contributed by atoms with Crippen molar-refractivity contribution in [2.24, 2.45) is 0 Å². The zero-order valence-electron chi connectivity index (χ0n) is 15.3. The molecule has 0 aliphatic carbocycles. The summed E-state index contributed by atoms with van der Waals surface area (Å²) in [4.78, 5) is 14.9.